The molecule has 0 saturated heterocycles. The molecule has 2 heterocycles. The summed E-state index contributed by atoms with van der Waals surface area (Å²) in [6, 6.07) is 1.57. The first-order valence-electron chi connectivity index (χ1n) is 4.02. The predicted octanol–water partition coefficient (Wildman–Crippen LogP) is 1.85. The Hall–Kier alpha value is -1.21. The summed E-state index contributed by atoms with van der Waals surface area (Å²) in [6.07, 6.45) is 3.24. The van der Waals surface area contributed by atoms with Gasteiger partial charge in [-0.25, -0.2) is 4.79 Å². The molecule has 0 fully saturated rings. The fourth-order valence-electron chi connectivity index (χ4n) is 1.14. The minimum absolute atomic E-state index is 0.263. The summed E-state index contributed by atoms with van der Waals surface area (Å²) in [6.45, 7) is 0.575. The van der Waals surface area contributed by atoms with E-state index < -0.39 is 5.97 Å². The third kappa shape index (κ3) is 2.24. The van der Waals surface area contributed by atoms with Crippen molar-refractivity contribution in [1.82, 2.24) is 14.2 Å². The molecule has 0 atom stereocenters. The second-order valence-corrected chi connectivity index (χ2v) is 4.55. The van der Waals surface area contributed by atoms with Gasteiger partial charge in [0.05, 0.1) is 27.8 Å². The molecule has 2 aromatic rings. The zero-order valence-corrected chi connectivity index (χ0v) is 9.82. The topological polar surface area (TPSA) is 68.0 Å². The van der Waals surface area contributed by atoms with Crippen LogP contribution in [0.3, 0.4) is 0 Å². The van der Waals surface area contributed by atoms with E-state index in [-0.39, 0.29) is 5.56 Å². The van der Waals surface area contributed by atoms with E-state index >= 15 is 0 Å². The van der Waals surface area contributed by atoms with E-state index in [9.17, 15) is 4.79 Å². The van der Waals surface area contributed by atoms with Crippen molar-refractivity contribution in [1.29, 1.82) is 0 Å². The van der Waals surface area contributed by atoms with Gasteiger partial charge in [-0.05, 0) is 33.5 Å². The van der Waals surface area contributed by atoms with Crippen molar-refractivity contribution < 1.29 is 9.90 Å². The van der Waals surface area contributed by atoms with Crippen LogP contribution in [0.5, 0.6) is 0 Å². The normalized spacial score (nSPS) is 10.5. The van der Waals surface area contributed by atoms with Gasteiger partial charge in [0.1, 0.15) is 0 Å². The number of halogens is 1. The number of nitrogens with zero attached hydrogens (tertiary/aromatic N) is 3. The molecule has 0 spiro atoms. The van der Waals surface area contributed by atoms with Crippen LogP contribution in [0.25, 0.3) is 0 Å². The molecule has 1 N–H and O–H groups in total. The zero-order valence-electron chi connectivity index (χ0n) is 7.42. The maximum absolute atomic E-state index is 10.7. The van der Waals surface area contributed by atoms with Crippen molar-refractivity contribution in [2.45, 2.75) is 6.54 Å². The Balaban J connectivity index is 2.25. The first-order valence-corrected chi connectivity index (χ1v) is 5.58. The molecule has 0 saturated carbocycles. The van der Waals surface area contributed by atoms with Gasteiger partial charge in [0.25, 0.3) is 0 Å². The lowest BCUT2D eigenvalue weighted by molar-refractivity contribution is 0.0697. The Morgan fingerprint density at radius 1 is 1.67 bits per heavy atom. The van der Waals surface area contributed by atoms with Gasteiger partial charge in [0.15, 0.2) is 0 Å². The van der Waals surface area contributed by atoms with Gasteiger partial charge in [-0.3, -0.25) is 0 Å². The summed E-state index contributed by atoms with van der Waals surface area (Å²) < 4.78 is 6.26. The summed E-state index contributed by atoms with van der Waals surface area (Å²) in [7, 11) is 0. The molecule has 0 amide bonds. The Bertz CT molecular complexity index is 480. The van der Waals surface area contributed by atoms with E-state index in [1.807, 2.05) is 0 Å². The second-order valence-electron chi connectivity index (χ2n) is 2.87. The minimum atomic E-state index is -0.933. The third-order valence-corrected chi connectivity index (χ3v) is 3.15. The SMILES string of the molecule is O=C(O)c1cc(Br)n(Cc2cnns2)c1. The van der Waals surface area contributed by atoms with E-state index in [0.29, 0.717) is 6.54 Å². The maximum Gasteiger partial charge on any atom is 0.337 e. The number of rotatable bonds is 3. The van der Waals surface area contributed by atoms with Gasteiger partial charge in [-0.1, -0.05) is 4.49 Å². The van der Waals surface area contributed by atoms with Crippen molar-refractivity contribution in [3.63, 3.8) is 0 Å². The molecule has 2 aromatic heterocycles. The lowest BCUT2D eigenvalue weighted by atomic mass is 10.4. The van der Waals surface area contributed by atoms with Crippen LogP contribution >= 0.6 is 27.5 Å². The van der Waals surface area contributed by atoms with Crippen LogP contribution in [0.4, 0.5) is 0 Å². The monoisotopic (exact) mass is 287 g/mol. The summed E-state index contributed by atoms with van der Waals surface area (Å²) in [5, 5.41) is 12.5. The molecule has 15 heavy (non-hydrogen) atoms. The Labute approximate surface area is 97.7 Å². The third-order valence-electron chi connectivity index (χ3n) is 1.82. The molecule has 7 heteroatoms. The Kier molecular flexibility index (Phi) is 2.83. The first kappa shape index (κ1) is 10.3. The number of carboxylic acids is 1. The van der Waals surface area contributed by atoms with E-state index in [1.165, 1.54) is 11.5 Å². The summed E-state index contributed by atoms with van der Waals surface area (Å²) in [5.41, 5.74) is 0.263. The van der Waals surface area contributed by atoms with Crippen LogP contribution in [0.15, 0.2) is 23.1 Å². The quantitative estimate of drug-likeness (QED) is 0.935. The van der Waals surface area contributed by atoms with E-state index in [2.05, 4.69) is 25.5 Å². The largest absolute Gasteiger partial charge is 0.478 e. The number of carboxylic acid groups (broad SMARTS) is 1. The lowest BCUT2D eigenvalue weighted by Crippen LogP contribution is -1.97. The van der Waals surface area contributed by atoms with Gasteiger partial charge in [0.2, 0.25) is 0 Å². The fourth-order valence-corrected chi connectivity index (χ4v) is 2.11. The Morgan fingerprint density at radius 2 is 2.47 bits per heavy atom. The molecule has 0 aliphatic rings. The van der Waals surface area contributed by atoms with Gasteiger partial charge in [0, 0.05) is 6.20 Å². The fraction of sp³-hybridized carbons (Fsp3) is 0.125. The molecular weight excluding hydrogens is 282 g/mol. The highest BCUT2D eigenvalue weighted by Crippen LogP contribution is 2.17. The van der Waals surface area contributed by atoms with Gasteiger partial charge in [-0.2, -0.15) is 0 Å². The zero-order chi connectivity index (χ0) is 10.8. The Morgan fingerprint density at radius 3 is 3.00 bits per heavy atom. The van der Waals surface area contributed by atoms with Gasteiger partial charge < -0.3 is 9.67 Å². The van der Waals surface area contributed by atoms with Crippen molar-refractivity contribution >= 4 is 33.4 Å². The van der Waals surface area contributed by atoms with Crippen LogP contribution < -0.4 is 0 Å². The standard InChI is InChI=1S/C8H6BrN3O2S/c9-7-1-5(8(13)14)3-12(7)4-6-2-10-11-15-6/h1-3H,4H2,(H,13,14). The van der Waals surface area contributed by atoms with Crippen LogP contribution in [-0.2, 0) is 6.54 Å². The van der Waals surface area contributed by atoms with Crippen molar-refractivity contribution in [3.8, 4) is 0 Å². The highest BCUT2D eigenvalue weighted by atomic mass is 79.9. The van der Waals surface area contributed by atoms with E-state index in [4.69, 9.17) is 5.11 Å². The maximum atomic E-state index is 10.7. The number of aromatic carboxylic acids is 1. The van der Waals surface area contributed by atoms with Crippen LogP contribution in [0.1, 0.15) is 15.2 Å². The highest BCUT2D eigenvalue weighted by molar-refractivity contribution is 9.10. The second kappa shape index (κ2) is 4.11. The van der Waals surface area contributed by atoms with Crippen molar-refractivity contribution in [2.24, 2.45) is 0 Å². The average molecular weight is 288 g/mol. The molecule has 2 rings (SSSR count). The molecule has 0 aliphatic carbocycles. The van der Waals surface area contributed by atoms with E-state index in [1.54, 1.807) is 23.0 Å². The summed E-state index contributed by atoms with van der Waals surface area (Å²) >= 11 is 4.59. The molecule has 0 radical (unpaired) electrons. The number of hydrogen-bond acceptors (Lipinski definition) is 4. The van der Waals surface area contributed by atoms with Gasteiger partial charge in [-0.15, -0.1) is 5.10 Å². The van der Waals surface area contributed by atoms with Gasteiger partial charge >= 0.3 is 5.97 Å². The number of aromatic nitrogens is 3. The molecule has 5 nitrogen and oxygen atoms in total. The molecule has 78 valence electrons. The van der Waals surface area contributed by atoms with Crippen LogP contribution in [0, 0.1) is 0 Å². The van der Waals surface area contributed by atoms with E-state index in [0.717, 1.165) is 9.48 Å². The first-order chi connectivity index (χ1) is 7.16. The van der Waals surface area contributed by atoms with Crippen molar-refractivity contribution in [2.75, 3.05) is 0 Å². The minimum Gasteiger partial charge on any atom is -0.478 e. The van der Waals surface area contributed by atoms with Crippen LogP contribution in [-0.4, -0.2) is 25.2 Å². The predicted molar refractivity (Wildman–Crippen MR) is 58.1 cm³/mol. The van der Waals surface area contributed by atoms with Crippen LogP contribution in [0.2, 0.25) is 0 Å². The number of carbonyl (C=O) groups is 1. The average Bonchev–Trinajstić information content (AvgIpc) is 2.77. The molecular formula is C8H6BrN3O2S. The molecule has 0 unspecified atom stereocenters. The molecule has 0 bridgehead atoms. The highest BCUT2D eigenvalue weighted by Gasteiger charge is 2.10. The number of hydrogen-bond donors (Lipinski definition) is 1. The lowest BCUT2D eigenvalue weighted by Gasteiger charge is -2.00. The molecule has 0 aromatic carbocycles. The summed E-state index contributed by atoms with van der Waals surface area (Å²) in [4.78, 5) is 11.7. The summed E-state index contributed by atoms with van der Waals surface area (Å²) in [5.74, 6) is -0.933. The molecule has 0 aliphatic heterocycles. The smallest absolute Gasteiger partial charge is 0.337 e. The van der Waals surface area contributed by atoms with Crippen molar-refractivity contribution in [3.05, 3.63) is 33.5 Å².